The fourth-order valence-corrected chi connectivity index (χ4v) is 2.69. The maximum Gasteiger partial charge on any atom is 0.251 e. The molecule has 1 heterocycles. The number of para-hydroxylation sites is 2. The van der Waals surface area contributed by atoms with E-state index in [1.165, 1.54) is 0 Å². The van der Waals surface area contributed by atoms with Crippen LogP contribution in [0.15, 0.2) is 85.1 Å². The third-order valence-electron chi connectivity index (χ3n) is 4.04. The molecule has 0 unspecified atom stereocenters. The highest BCUT2D eigenvalue weighted by Crippen LogP contribution is 2.22. The molecule has 132 valence electrons. The first-order valence-corrected chi connectivity index (χ1v) is 8.60. The number of hydrogen-bond donors (Lipinski definition) is 1. The molecule has 0 spiro atoms. The third-order valence-corrected chi connectivity index (χ3v) is 4.04. The van der Waals surface area contributed by atoms with Crippen molar-refractivity contribution in [3.05, 3.63) is 96.2 Å². The fraction of sp³-hybridized carbons (Fsp3) is 0.0455. The van der Waals surface area contributed by atoms with Gasteiger partial charge in [0, 0.05) is 12.1 Å². The lowest BCUT2D eigenvalue weighted by Crippen LogP contribution is -2.22. The Morgan fingerprint density at radius 2 is 1.67 bits per heavy atom. The second-order valence-corrected chi connectivity index (χ2v) is 6.00. The molecule has 0 saturated heterocycles. The molecule has 5 nitrogen and oxygen atoms in total. The lowest BCUT2D eigenvalue weighted by molar-refractivity contribution is 0.0950. The van der Waals surface area contributed by atoms with Gasteiger partial charge in [0.2, 0.25) is 5.88 Å². The SMILES string of the molecule is O=C(NCc1ccccc1)c1cccc(Oc2cnc3ccccc3n2)c1. The van der Waals surface area contributed by atoms with E-state index in [4.69, 9.17) is 4.74 Å². The van der Waals surface area contributed by atoms with Gasteiger partial charge < -0.3 is 10.1 Å². The number of nitrogens with one attached hydrogen (secondary N) is 1. The maximum absolute atomic E-state index is 12.4. The number of hydrogen-bond acceptors (Lipinski definition) is 4. The highest BCUT2D eigenvalue weighted by atomic mass is 16.5. The zero-order chi connectivity index (χ0) is 18.5. The van der Waals surface area contributed by atoms with Gasteiger partial charge in [-0.05, 0) is 35.9 Å². The molecule has 3 aromatic carbocycles. The number of carbonyl (C=O) groups is 1. The van der Waals surface area contributed by atoms with Crippen molar-refractivity contribution in [2.24, 2.45) is 0 Å². The first-order chi connectivity index (χ1) is 13.3. The van der Waals surface area contributed by atoms with Gasteiger partial charge in [-0.15, -0.1) is 0 Å². The van der Waals surface area contributed by atoms with E-state index < -0.39 is 0 Å². The molecule has 0 bridgehead atoms. The summed E-state index contributed by atoms with van der Waals surface area (Å²) in [7, 11) is 0. The molecule has 0 aliphatic rings. The molecule has 0 fully saturated rings. The molecular weight excluding hydrogens is 338 g/mol. The van der Waals surface area contributed by atoms with Crippen molar-refractivity contribution in [1.29, 1.82) is 0 Å². The van der Waals surface area contributed by atoms with Crippen LogP contribution in [-0.2, 0) is 6.54 Å². The van der Waals surface area contributed by atoms with Gasteiger partial charge in [0.05, 0.1) is 17.2 Å². The average molecular weight is 355 g/mol. The topological polar surface area (TPSA) is 64.1 Å². The summed E-state index contributed by atoms with van der Waals surface area (Å²) in [4.78, 5) is 21.2. The van der Waals surface area contributed by atoms with Crippen molar-refractivity contribution < 1.29 is 9.53 Å². The largest absolute Gasteiger partial charge is 0.437 e. The maximum atomic E-state index is 12.4. The average Bonchev–Trinajstić information content (AvgIpc) is 2.73. The summed E-state index contributed by atoms with van der Waals surface area (Å²) < 4.78 is 5.79. The lowest BCUT2D eigenvalue weighted by atomic mass is 10.2. The number of benzene rings is 3. The Bertz CT molecular complexity index is 1080. The first kappa shape index (κ1) is 16.7. The van der Waals surface area contributed by atoms with Gasteiger partial charge in [-0.3, -0.25) is 4.79 Å². The van der Waals surface area contributed by atoms with Crippen LogP contribution in [0.1, 0.15) is 15.9 Å². The zero-order valence-corrected chi connectivity index (χ0v) is 14.5. The second kappa shape index (κ2) is 7.66. The minimum atomic E-state index is -0.158. The number of amides is 1. The van der Waals surface area contributed by atoms with Crippen LogP contribution in [0.25, 0.3) is 11.0 Å². The second-order valence-electron chi connectivity index (χ2n) is 6.00. The van der Waals surface area contributed by atoms with E-state index in [0.717, 1.165) is 16.6 Å². The molecule has 4 aromatic rings. The summed E-state index contributed by atoms with van der Waals surface area (Å²) in [5.74, 6) is 0.761. The Morgan fingerprint density at radius 3 is 2.52 bits per heavy atom. The van der Waals surface area contributed by atoms with E-state index in [0.29, 0.717) is 23.7 Å². The molecule has 0 saturated carbocycles. The van der Waals surface area contributed by atoms with Crippen LogP contribution >= 0.6 is 0 Å². The van der Waals surface area contributed by atoms with Crippen molar-refractivity contribution in [3.63, 3.8) is 0 Å². The monoisotopic (exact) mass is 355 g/mol. The molecule has 0 atom stereocenters. The minimum absolute atomic E-state index is 0.158. The number of nitrogens with zero attached hydrogens (tertiary/aromatic N) is 2. The van der Waals surface area contributed by atoms with Gasteiger partial charge in [0.25, 0.3) is 5.91 Å². The molecule has 27 heavy (non-hydrogen) atoms. The summed E-state index contributed by atoms with van der Waals surface area (Å²) in [6.45, 7) is 0.473. The Labute approximate surface area is 156 Å². The van der Waals surface area contributed by atoms with Crippen LogP contribution in [0.3, 0.4) is 0 Å². The molecule has 4 rings (SSSR count). The predicted octanol–water partition coefficient (Wildman–Crippen LogP) is 4.35. The van der Waals surface area contributed by atoms with Crippen molar-refractivity contribution >= 4 is 16.9 Å². The standard InChI is InChI=1S/C22H17N3O2/c26-22(24-14-16-7-2-1-3-8-16)17-9-6-10-18(13-17)27-21-15-23-19-11-4-5-12-20(19)25-21/h1-13,15H,14H2,(H,24,26). The Hall–Kier alpha value is -3.73. The summed E-state index contributed by atoms with van der Waals surface area (Å²) in [5.41, 5.74) is 3.13. The molecule has 5 heteroatoms. The van der Waals surface area contributed by atoms with Crippen LogP contribution < -0.4 is 10.1 Å². The predicted molar refractivity (Wildman–Crippen MR) is 104 cm³/mol. The number of carbonyl (C=O) groups excluding carboxylic acids is 1. The van der Waals surface area contributed by atoms with Gasteiger partial charge in [-0.25, -0.2) is 9.97 Å². The summed E-state index contributed by atoms with van der Waals surface area (Å²) in [6, 6.07) is 24.4. The quantitative estimate of drug-likeness (QED) is 0.578. The van der Waals surface area contributed by atoms with Gasteiger partial charge in [-0.1, -0.05) is 48.5 Å². The van der Waals surface area contributed by atoms with Crippen LogP contribution in [0.4, 0.5) is 0 Å². The number of rotatable bonds is 5. The number of fused-ring (bicyclic) bond motifs is 1. The first-order valence-electron chi connectivity index (χ1n) is 8.60. The smallest absolute Gasteiger partial charge is 0.251 e. The summed E-state index contributed by atoms with van der Waals surface area (Å²) in [5, 5.41) is 2.91. The van der Waals surface area contributed by atoms with E-state index >= 15 is 0 Å². The van der Waals surface area contributed by atoms with E-state index in [9.17, 15) is 4.79 Å². The third kappa shape index (κ3) is 4.10. The molecule has 0 aliphatic heterocycles. The zero-order valence-electron chi connectivity index (χ0n) is 14.5. The Kier molecular flexibility index (Phi) is 4.74. The van der Waals surface area contributed by atoms with E-state index in [1.807, 2.05) is 54.6 Å². The van der Waals surface area contributed by atoms with E-state index in [1.54, 1.807) is 30.5 Å². The van der Waals surface area contributed by atoms with Crippen molar-refractivity contribution in [1.82, 2.24) is 15.3 Å². The molecule has 0 radical (unpaired) electrons. The molecule has 1 N–H and O–H groups in total. The Morgan fingerprint density at radius 1 is 0.889 bits per heavy atom. The highest BCUT2D eigenvalue weighted by molar-refractivity contribution is 5.94. The minimum Gasteiger partial charge on any atom is -0.437 e. The molecule has 0 aliphatic carbocycles. The fourth-order valence-electron chi connectivity index (χ4n) is 2.69. The van der Waals surface area contributed by atoms with Gasteiger partial charge in [0.15, 0.2) is 0 Å². The van der Waals surface area contributed by atoms with Crippen LogP contribution in [0.5, 0.6) is 11.6 Å². The van der Waals surface area contributed by atoms with Gasteiger partial charge in [0.1, 0.15) is 5.75 Å². The van der Waals surface area contributed by atoms with E-state index in [2.05, 4.69) is 15.3 Å². The molecule has 1 aromatic heterocycles. The van der Waals surface area contributed by atoms with Gasteiger partial charge in [-0.2, -0.15) is 0 Å². The highest BCUT2D eigenvalue weighted by Gasteiger charge is 2.08. The van der Waals surface area contributed by atoms with Crippen molar-refractivity contribution in [2.45, 2.75) is 6.54 Å². The summed E-state index contributed by atoms with van der Waals surface area (Å²) in [6.07, 6.45) is 1.57. The van der Waals surface area contributed by atoms with E-state index in [-0.39, 0.29) is 5.91 Å². The Balaban J connectivity index is 1.47. The molecular formula is C22H17N3O2. The lowest BCUT2D eigenvalue weighted by Gasteiger charge is -2.08. The summed E-state index contributed by atoms with van der Waals surface area (Å²) >= 11 is 0. The van der Waals surface area contributed by atoms with Crippen molar-refractivity contribution in [3.8, 4) is 11.6 Å². The van der Waals surface area contributed by atoms with Crippen molar-refractivity contribution in [2.75, 3.05) is 0 Å². The van der Waals surface area contributed by atoms with Gasteiger partial charge >= 0.3 is 0 Å². The van der Waals surface area contributed by atoms with Crippen LogP contribution in [-0.4, -0.2) is 15.9 Å². The normalized spacial score (nSPS) is 10.5. The number of aromatic nitrogens is 2. The van der Waals surface area contributed by atoms with Crippen LogP contribution in [0, 0.1) is 0 Å². The number of ether oxygens (including phenoxy) is 1. The molecule has 1 amide bonds. The van der Waals surface area contributed by atoms with Crippen LogP contribution in [0.2, 0.25) is 0 Å².